The summed E-state index contributed by atoms with van der Waals surface area (Å²) >= 11 is 0. The molecule has 0 aromatic heterocycles. The van der Waals surface area contributed by atoms with Crippen molar-refractivity contribution in [2.24, 2.45) is 5.92 Å². The van der Waals surface area contributed by atoms with Crippen LogP contribution in [0, 0.1) is 5.92 Å². The van der Waals surface area contributed by atoms with Gasteiger partial charge in [0.05, 0.1) is 18.1 Å². The van der Waals surface area contributed by atoms with Crippen LogP contribution in [0.2, 0.25) is 0 Å². The van der Waals surface area contributed by atoms with E-state index in [1.807, 2.05) is 4.90 Å². The molecule has 0 bridgehead atoms. The Morgan fingerprint density at radius 2 is 1.61 bits per heavy atom. The van der Waals surface area contributed by atoms with Gasteiger partial charge in [-0.25, -0.2) is 8.42 Å². The molecule has 7 nitrogen and oxygen atoms in total. The van der Waals surface area contributed by atoms with Gasteiger partial charge in [-0.3, -0.25) is 9.52 Å². The number of anilines is 1. The number of hydrogen-bond donors (Lipinski definition) is 1. The molecule has 2 fully saturated rings. The Hall–Kier alpha value is -2.74. The third-order valence-corrected chi connectivity index (χ3v) is 8.30. The van der Waals surface area contributed by atoms with Gasteiger partial charge < -0.3 is 14.4 Å². The molecule has 0 radical (unpaired) electrons. The molecular formula is C25H30N2O5S. The minimum Gasteiger partial charge on any atom is -0.490 e. The van der Waals surface area contributed by atoms with Crippen LogP contribution in [0.15, 0.2) is 47.4 Å². The van der Waals surface area contributed by atoms with Crippen molar-refractivity contribution in [3.63, 3.8) is 0 Å². The third-order valence-electron chi connectivity index (χ3n) is 6.92. The van der Waals surface area contributed by atoms with E-state index in [0.29, 0.717) is 47.9 Å². The Morgan fingerprint density at radius 3 is 2.42 bits per heavy atom. The second-order valence-corrected chi connectivity index (χ2v) is 10.8. The Labute approximate surface area is 195 Å². The summed E-state index contributed by atoms with van der Waals surface area (Å²) < 4.78 is 39.6. The number of nitrogens with one attached hydrogen (secondary N) is 1. The number of nitrogens with zero attached hydrogens (tertiary/aromatic N) is 1. The van der Waals surface area contributed by atoms with Crippen molar-refractivity contribution in [1.82, 2.24) is 4.90 Å². The summed E-state index contributed by atoms with van der Waals surface area (Å²) in [6.07, 6.45) is 7.78. The van der Waals surface area contributed by atoms with Crippen LogP contribution in [-0.2, 0) is 10.0 Å². The van der Waals surface area contributed by atoms with Crippen LogP contribution >= 0.6 is 0 Å². The maximum atomic E-state index is 13.2. The highest BCUT2D eigenvalue weighted by molar-refractivity contribution is 7.92. The highest BCUT2D eigenvalue weighted by atomic mass is 32.2. The van der Waals surface area contributed by atoms with Crippen LogP contribution in [0.5, 0.6) is 11.5 Å². The van der Waals surface area contributed by atoms with Gasteiger partial charge in [0.1, 0.15) is 0 Å². The average Bonchev–Trinajstić information content (AvgIpc) is 3.08. The van der Waals surface area contributed by atoms with Crippen LogP contribution in [-0.4, -0.2) is 45.0 Å². The predicted molar refractivity (Wildman–Crippen MR) is 125 cm³/mol. The number of carbonyl (C=O) groups excluding carboxylic acids is 1. The van der Waals surface area contributed by atoms with Gasteiger partial charge in [0.2, 0.25) is 0 Å². The molecule has 2 atom stereocenters. The molecule has 3 aliphatic rings. The molecule has 5 rings (SSSR count). The van der Waals surface area contributed by atoms with E-state index in [0.717, 1.165) is 25.8 Å². The zero-order valence-electron chi connectivity index (χ0n) is 18.7. The number of benzene rings is 2. The number of rotatable bonds is 4. The number of amides is 1. The van der Waals surface area contributed by atoms with E-state index in [2.05, 4.69) is 4.72 Å². The van der Waals surface area contributed by atoms with Crippen molar-refractivity contribution in [2.45, 2.75) is 55.9 Å². The highest BCUT2D eigenvalue weighted by Crippen LogP contribution is 2.36. The second kappa shape index (κ2) is 9.25. The Bertz CT molecular complexity index is 1110. The first-order valence-corrected chi connectivity index (χ1v) is 13.3. The number of likely N-dealkylation sites (tertiary alicyclic amines) is 1. The molecule has 0 unspecified atom stereocenters. The number of ether oxygens (including phenoxy) is 2. The lowest BCUT2D eigenvalue weighted by atomic mass is 9.78. The zero-order chi connectivity index (χ0) is 22.8. The fourth-order valence-electron chi connectivity index (χ4n) is 5.25. The number of piperidine rings is 1. The van der Waals surface area contributed by atoms with E-state index >= 15 is 0 Å². The molecule has 1 saturated carbocycles. The molecule has 0 spiro atoms. The average molecular weight is 471 g/mol. The van der Waals surface area contributed by atoms with Crippen molar-refractivity contribution in [2.75, 3.05) is 24.5 Å². The summed E-state index contributed by atoms with van der Waals surface area (Å²) in [7, 11) is -3.81. The molecule has 1 N–H and O–H groups in total. The first-order chi connectivity index (χ1) is 16.0. The third kappa shape index (κ3) is 4.67. The van der Waals surface area contributed by atoms with E-state index in [1.54, 1.807) is 30.3 Å². The molecule has 1 aliphatic carbocycles. The van der Waals surface area contributed by atoms with Crippen molar-refractivity contribution in [3.8, 4) is 11.5 Å². The van der Waals surface area contributed by atoms with Crippen molar-refractivity contribution in [1.29, 1.82) is 0 Å². The molecule has 33 heavy (non-hydrogen) atoms. The SMILES string of the molecule is O=C(c1ccc(NS(=O)(=O)c2ccc3c(c2)OCCCO3)cc1)N1CCC[C@@H]2CCCC[C@@H]21. The zero-order valence-corrected chi connectivity index (χ0v) is 19.5. The summed E-state index contributed by atoms with van der Waals surface area (Å²) in [5.41, 5.74) is 1.01. The largest absolute Gasteiger partial charge is 0.490 e. The first-order valence-electron chi connectivity index (χ1n) is 11.8. The maximum absolute atomic E-state index is 13.2. The predicted octanol–water partition coefficient (Wildman–Crippen LogP) is 4.44. The van der Waals surface area contributed by atoms with E-state index in [4.69, 9.17) is 9.47 Å². The normalized spacial score (nSPS) is 22.7. The monoisotopic (exact) mass is 470 g/mol. The van der Waals surface area contributed by atoms with Crippen LogP contribution in [0.1, 0.15) is 55.3 Å². The van der Waals surface area contributed by atoms with E-state index in [9.17, 15) is 13.2 Å². The van der Waals surface area contributed by atoms with Gasteiger partial charge in [0, 0.05) is 36.3 Å². The van der Waals surface area contributed by atoms with Gasteiger partial charge in [-0.2, -0.15) is 0 Å². The topological polar surface area (TPSA) is 84.9 Å². The molecule has 8 heteroatoms. The van der Waals surface area contributed by atoms with Gasteiger partial charge in [0.15, 0.2) is 11.5 Å². The molecule has 2 aromatic carbocycles. The standard InChI is InChI=1S/C25H30N2O5S/c28-25(27-14-3-6-18-5-1-2-7-22(18)27)19-8-10-20(11-9-19)26-33(29,30)21-12-13-23-24(17-21)32-16-4-15-31-23/h8-13,17-18,22,26H,1-7,14-16H2/t18-,22-/m0/s1. The summed E-state index contributed by atoms with van der Waals surface area (Å²) in [5, 5.41) is 0. The van der Waals surface area contributed by atoms with Gasteiger partial charge >= 0.3 is 0 Å². The Balaban J connectivity index is 1.29. The molecule has 1 amide bonds. The van der Waals surface area contributed by atoms with Crippen LogP contribution < -0.4 is 14.2 Å². The quantitative estimate of drug-likeness (QED) is 0.714. The fraction of sp³-hybridized carbons (Fsp3) is 0.480. The van der Waals surface area contributed by atoms with Gasteiger partial charge in [-0.1, -0.05) is 12.8 Å². The molecule has 176 valence electrons. The van der Waals surface area contributed by atoms with Gasteiger partial charge in [0.25, 0.3) is 15.9 Å². The smallest absolute Gasteiger partial charge is 0.262 e. The highest BCUT2D eigenvalue weighted by Gasteiger charge is 2.36. The number of fused-ring (bicyclic) bond motifs is 2. The lowest BCUT2D eigenvalue weighted by Gasteiger charge is -2.44. The Kier molecular flexibility index (Phi) is 6.19. The van der Waals surface area contributed by atoms with E-state index in [-0.39, 0.29) is 10.8 Å². The number of carbonyl (C=O) groups is 1. The van der Waals surface area contributed by atoms with Crippen molar-refractivity contribution < 1.29 is 22.7 Å². The van der Waals surface area contributed by atoms with Crippen molar-refractivity contribution >= 4 is 21.6 Å². The van der Waals surface area contributed by atoms with Crippen LogP contribution in [0.3, 0.4) is 0 Å². The minimum atomic E-state index is -3.81. The number of hydrogen-bond acceptors (Lipinski definition) is 5. The molecule has 2 aromatic rings. The molecule has 1 saturated heterocycles. The fourth-order valence-corrected chi connectivity index (χ4v) is 6.32. The molecular weight excluding hydrogens is 440 g/mol. The lowest BCUT2D eigenvalue weighted by Crippen LogP contribution is -2.49. The molecule has 2 heterocycles. The van der Waals surface area contributed by atoms with Gasteiger partial charge in [-0.15, -0.1) is 0 Å². The number of sulfonamides is 1. The lowest BCUT2D eigenvalue weighted by molar-refractivity contribution is 0.0390. The minimum absolute atomic E-state index is 0.0453. The van der Waals surface area contributed by atoms with Crippen LogP contribution in [0.25, 0.3) is 0 Å². The van der Waals surface area contributed by atoms with Gasteiger partial charge in [-0.05, 0) is 68.0 Å². The van der Waals surface area contributed by atoms with E-state index in [1.165, 1.54) is 37.8 Å². The summed E-state index contributed by atoms with van der Waals surface area (Å²) in [6, 6.07) is 11.7. The van der Waals surface area contributed by atoms with Crippen molar-refractivity contribution in [3.05, 3.63) is 48.0 Å². The second-order valence-electron chi connectivity index (χ2n) is 9.09. The molecule has 2 aliphatic heterocycles. The summed E-state index contributed by atoms with van der Waals surface area (Å²) in [4.78, 5) is 15.3. The first kappa shape index (κ1) is 22.1. The summed E-state index contributed by atoms with van der Waals surface area (Å²) in [5.74, 6) is 1.65. The maximum Gasteiger partial charge on any atom is 0.262 e. The van der Waals surface area contributed by atoms with E-state index < -0.39 is 10.0 Å². The Morgan fingerprint density at radius 1 is 0.879 bits per heavy atom. The van der Waals surface area contributed by atoms with Crippen LogP contribution in [0.4, 0.5) is 5.69 Å². The summed E-state index contributed by atoms with van der Waals surface area (Å²) in [6.45, 7) is 1.83.